The highest BCUT2D eigenvalue weighted by Crippen LogP contribution is 2.43. The normalized spacial score (nSPS) is 15.2. The Morgan fingerprint density at radius 2 is 1.56 bits per heavy atom. The van der Waals surface area contributed by atoms with Gasteiger partial charge in [0.15, 0.2) is 11.5 Å². The van der Waals surface area contributed by atoms with Crippen LogP contribution in [-0.2, 0) is 6.42 Å². The predicted octanol–water partition coefficient (Wildman–Crippen LogP) is 4.90. The van der Waals surface area contributed by atoms with Gasteiger partial charge in [0.1, 0.15) is 0 Å². The first-order chi connectivity index (χ1) is 15.3. The molecule has 0 spiro atoms. The maximum Gasteiger partial charge on any atom is 0.262 e. The zero-order valence-corrected chi connectivity index (χ0v) is 18.8. The standard InChI is InChI=1S/C26H27N3O2.ClH/c30-26-21-11-6-13-23(28-18-15-27-16-19-28)25(21)31-24-14-5-4-12-22(24)29(26)17-7-10-20-8-2-1-3-9-20;/h1-6,8-9,11-14,27H,7,10,15-19H2;1H. The molecule has 0 bridgehead atoms. The lowest BCUT2D eigenvalue weighted by Gasteiger charge is -2.31. The second-order valence-corrected chi connectivity index (χ2v) is 8.01. The molecule has 1 saturated heterocycles. The Kier molecular flexibility index (Phi) is 6.98. The summed E-state index contributed by atoms with van der Waals surface area (Å²) in [6.07, 6.45) is 1.82. The van der Waals surface area contributed by atoms with Gasteiger partial charge in [-0.2, -0.15) is 0 Å². The van der Waals surface area contributed by atoms with E-state index in [1.54, 1.807) is 0 Å². The summed E-state index contributed by atoms with van der Waals surface area (Å²) in [7, 11) is 0. The third kappa shape index (κ3) is 4.45. The largest absolute Gasteiger partial charge is 0.452 e. The summed E-state index contributed by atoms with van der Waals surface area (Å²) in [5.74, 6) is 1.41. The van der Waals surface area contributed by atoms with E-state index in [1.807, 2.05) is 47.4 Å². The van der Waals surface area contributed by atoms with Crippen molar-refractivity contribution in [2.75, 3.05) is 42.5 Å². The number of fused-ring (bicyclic) bond motifs is 2. The van der Waals surface area contributed by atoms with Gasteiger partial charge in [-0.25, -0.2) is 0 Å². The van der Waals surface area contributed by atoms with Crippen molar-refractivity contribution in [2.45, 2.75) is 12.8 Å². The Morgan fingerprint density at radius 3 is 2.38 bits per heavy atom. The van der Waals surface area contributed by atoms with E-state index in [9.17, 15) is 4.79 Å². The van der Waals surface area contributed by atoms with Crippen molar-refractivity contribution >= 4 is 29.7 Å². The smallest absolute Gasteiger partial charge is 0.262 e. The minimum absolute atomic E-state index is 0. The highest BCUT2D eigenvalue weighted by atomic mass is 35.5. The van der Waals surface area contributed by atoms with Crippen molar-refractivity contribution in [1.29, 1.82) is 0 Å². The van der Waals surface area contributed by atoms with E-state index in [0.717, 1.165) is 56.1 Å². The van der Waals surface area contributed by atoms with Crippen LogP contribution < -0.4 is 19.9 Å². The molecule has 0 radical (unpaired) electrons. The quantitative estimate of drug-likeness (QED) is 0.601. The van der Waals surface area contributed by atoms with Crippen molar-refractivity contribution in [3.05, 3.63) is 83.9 Å². The number of aryl methyl sites for hydroxylation is 1. The van der Waals surface area contributed by atoms with E-state index in [1.165, 1.54) is 5.56 Å². The van der Waals surface area contributed by atoms with Crippen LogP contribution in [0.3, 0.4) is 0 Å². The lowest BCUT2D eigenvalue weighted by atomic mass is 10.1. The van der Waals surface area contributed by atoms with Crippen LogP contribution in [-0.4, -0.2) is 38.6 Å². The lowest BCUT2D eigenvalue weighted by Crippen LogP contribution is -2.43. The number of benzene rings is 3. The topological polar surface area (TPSA) is 44.8 Å². The Bertz CT molecular complexity index is 1070. The number of nitrogens with one attached hydrogen (secondary N) is 1. The van der Waals surface area contributed by atoms with E-state index >= 15 is 0 Å². The minimum Gasteiger partial charge on any atom is -0.452 e. The van der Waals surface area contributed by atoms with Crippen LogP contribution >= 0.6 is 12.4 Å². The Morgan fingerprint density at radius 1 is 0.844 bits per heavy atom. The van der Waals surface area contributed by atoms with E-state index in [2.05, 4.69) is 40.5 Å². The maximum absolute atomic E-state index is 13.7. The van der Waals surface area contributed by atoms with Gasteiger partial charge in [-0.05, 0) is 42.7 Å². The summed E-state index contributed by atoms with van der Waals surface area (Å²) < 4.78 is 6.43. The number of hydrogen-bond donors (Lipinski definition) is 1. The number of nitrogens with zero attached hydrogens (tertiary/aromatic N) is 2. The Labute approximate surface area is 195 Å². The van der Waals surface area contributed by atoms with Crippen LogP contribution in [0, 0.1) is 0 Å². The van der Waals surface area contributed by atoms with Crippen molar-refractivity contribution < 1.29 is 9.53 Å². The number of carbonyl (C=O) groups excluding carboxylic acids is 1. The fraction of sp³-hybridized carbons (Fsp3) is 0.269. The molecule has 32 heavy (non-hydrogen) atoms. The molecule has 1 fully saturated rings. The van der Waals surface area contributed by atoms with E-state index in [-0.39, 0.29) is 18.3 Å². The van der Waals surface area contributed by atoms with Gasteiger partial charge in [0.25, 0.3) is 5.91 Å². The second-order valence-electron chi connectivity index (χ2n) is 8.01. The molecule has 3 aromatic rings. The second kappa shape index (κ2) is 10.1. The minimum atomic E-state index is 0. The lowest BCUT2D eigenvalue weighted by molar-refractivity contribution is 0.0987. The molecule has 2 aliphatic rings. The van der Waals surface area contributed by atoms with Crippen molar-refractivity contribution in [3.63, 3.8) is 0 Å². The van der Waals surface area contributed by atoms with Crippen LogP contribution in [0.1, 0.15) is 22.3 Å². The van der Waals surface area contributed by atoms with Crippen LogP contribution in [0.2, 0.25) is 0 Å². The molecule has 1 amide bonds. The number of amides is 1. The first-order valence-electron chi connectivity index (χ1n) is 11.0. The van der Waals surface area contributed by atoms with Crippen molar-refractivity contribution in [1.82, 2.24) is 5.32 Å². The number of hydrogen-bond acceptors (Lipinski definition) is 4. The molecule has 166 valence electrons. The molecule has 6 heteroatoms. The number of piperazine rings is 1. The molecule has 2 heterocycles. The molecule has 3 aromatic carbocycles. The molecule has 5 nitrogen and oxygen atoms in total. The molecule has 0 atom stereocenters. The van der Waals surface area contributed by atoms with Gasteiger partial charge >= 0.3 is 0 Å². The summed E-state index contributed by atoms with van der Waals surface area (Å²) in [6.45, 7) is 4.30. The van der Waals surface area contributed by atoms with Crippen LogP contribution in [0.15, 0.2) is 72.8 Å². The van der Waals surface area contributed by atoms with E-state index in [4.69, 9.17) is 4.74 Å². The summed E-state index contributed by atoms with van der Waals surface area (Å²) in [5, 5.41) is 3.39. The SMILES string of the molecule is Cl.O=C1c2cccc(N3CCNCC3)c2Oc2ccccc2N1CCCc1ccccc1. The van der Waals surface area contributed by atoms with E-state index in [0.29, 0.717) is 17.9 Å². The average molecular weight is 450 g/mol. The number of carbonyl (C=O) groups is 1. The first-order valence-corrected chi connectivity index (χ1v) is 11.0. The van der Waals surface area contributed by atoms with Gasteiger partial charge in [0, 0.05) is 32.7 Å². The fourth-order valence-electron chi connectivity index (χ4n) is 4.39. The third-order valence-corrected chi connectivity index (χ3v) is 5.99. The van der Waals surface area contributed by atoms with Crippen LogP contribution in [0.5, 0.6) is 11.5 Å². The predicted molar refractivity (Wildman–Crippen MR) is 132 cm³/mol. The summed E-state index contributed by atoms with van der Waals surface area (Å²) in [5.41, 5.74) is 3.75. The van der Waals surface area contributed by atoms with Gasteiger partial charge < -0.3 is 19.9 Å². The molecule has 0 aliphatic carbocycles. The van der Waals surface area contributed by atoms with Gasteiger partial charge in [-0.15, -0.1) is 12.4 Å². The fourth-order valence-corrected chi connectivity index (χ4v) is 4.39. The zero-order chi connectivity index (χ0) is 21.0. The summed E-state index contributed by atoms with van der Waals surface area (Å²) in [4.78, 5) is 17.9. The molecular weight excluding hydrogens is 422 g/mol. The number of halogens is 1. The highest BCUT2D eigenvalue weighted by molar-refractivity contribution is 6.10. The number of ether oxygens (including phenoxy) is 1. The van der Waals surface area contributed by atoms with Gasteiger partial charge in [-0.1, -0.05) is 48.5 Å². The van der Waals surface area contributed by atoms with Crippen molar-refractivity contribution in [3.8, 4) is 11.5 Å². The number of para-hydroxylation sites is 3. The highest BCUT2D eigenvalue weighted by Gasteiger charge is 2.30. The molecular formula is C26H28ClN3O2. The molecule has 5 rings (SSSR count). The van der Waals surface area contributed by atoms with Gasteiger partial charge in [0.05, 0.1) is 16.9 Å². The average Bonchev–Trinajstić information content (AvgIpc) is 2.95. The number of rotatable bonds is 5. The summed E-state index contributed by atoms with van der Waals surface area (Å²) >= 11 is 0. The monoisotopic (exact) mass is 449 g/mol. The maximum atomic E-state index is 13.7. The zero-order valence-electron chi connectivity index (χ0n) is 18.0. The van der Waals surface area contributed by atoms with Crippen LogP contribution in [0.4, 0.5) is 11.4 Å². The molecule has 1 N–H and O–H groups in total. The summed E-state index contributed by atoms with van der Waals surface area (Å²) in [6, 6.07) is 24.2. The third-order valence-electron chi connectivity index (χ3n) is 5.99. The molecule has 0 saturated carbocycles. The first kappa shape index (κ1) is 22.2. The molecule has 0 aromatic heterocycles. The van der Waals surface area contributed by atoms with Gasteiger partial charge in [0.2, 0.25) is 0 Å². The molecule has 0 unspecified atom stereocenters. The van der Waals surface area contributed by atoms with Crippen molar-refractivity contribution in [2.24, 2.45) is 0 Å². The molecule has 2 aliphatic heterocycles. The Balaban J connectivity index is 0.00000245. The number of anilines is 2. The Hall–Kier alpha value is -3.02. The van der Waals surface area contributed by atoms with E-state index < -0.39 is 0 Å². The van der Waals surface area contributed by atoms with Crippen LogP contribution in [0.25, 0.3) is 0 Å². The van der Waals surface area contributed by atoms with Gasteiger partial charge in [-0.3, -0.25) is 4.79 Å².